The molecular formula is C16H26N2O2. The number of benzene rings is 1. The number of hydrogen-bond donors (Lipinski definition) is 1. The lowest BCUT2D eigenvalue weighted by molar-refractivity contribution is -0.130. The summed E-state index contributed by atoms with van der Waals surface area (Å²) in [5, 5.41) is 0. The second-order valence-electron chi connectivity index (χ2n) is 5.23. The topological polar surface area (TPSA) is 55.6 Å². The molecule has 1 amide bonds. The molecule has 0 aliphatic carbocycles. The average molecular weight is 278 g/mol. The van der Waals surface area contributed by atoms with E-state index in [1.165, 1.54) is 11.1 Å². The number of carbonyl (C=O) groups excluding carboxylic acids is 1. The van der Waals surface area contributed by atoms with E-state index in [1.54, 1.807) is 4.90 Å². The van der Waals surface area contributed by atoms with Gasteiger partial charge in [-0.25, -0.2) is 0 Å². The van der Waals surface area contributed by atoms with E-state index in [2.05, 4.69) is 6.07 Å². The molecule has 20 heavy (non-hydrogen) atoms. The Morgan fingerprint density at radius 1 is 1.20 bits per heavy atom. The summed E-state index contributed by atoms with van der Waals surface area (Å²) in [6.45, 7) is 5.86. The third kappa shape index (κ3) is 6.06. The molecule has 0 aliphatic heterocycles. The van der Waals surface area contributed by atoms with E-state index in [-0.39, 0.29) is 5.91 Å². The first-order valence-electron chi connectivity index (χ1n) is 7.18. The van der Waals surface area contributed by atoms with Gasteiger partial charge >= 0.3 is 0 Å². The number of ether oxygens (including phenoxy) is 1. The minimum Gasteiger partial charge on any atom is -0.492 e. The summed E-state index contributed by atoms with van der Waals surface area (Å²) in [4.78, 5) is 13.5. The highest BCUT2D eigenvalue weighted by Crippen LogP contribution is 2.16. The summed E-state index contributed by atoms with van der Waals surface area (Å²) >= 11 is 0. The van der Waals surface area contributed by atoms with Crippen molar-refractivity contribution in [1.29, 1.82) is 0 Å². The number of hydrogen-bond acceptors (Lipinski definition) is 3. The maximum Gasteiger partial charge on any atom is 0.222 e. The minimum atomic E-state index is 0.155. The Balaban J connectivity index is 2.30. The van der Waals surface area contributed by atoms with Gasteiger partial charge in [0.15, 0.2) is 0 Å². The Morgan fingerprint density at radius 3 is 2.45 bits per heavy atom. The smallest absolute Gasteiger partial charge is 0.222 e. The largest absolute Gasteiger partial charge is 0.492 e. The maximum absolute atomic E-state index is 11.8. The van der Waals surface area contributed by atoms with Gasteiger partial charge in [-0.1, -0.05) is 6.07 Å². The van der Waals surface area contributed by atoms with Crippen molar-refractivity contribution in [3.63, 3.8) is 0 Å². The van der Waals surface area contributed by atoms with Crippen LogP contribution in [0, 0.1) is 13.8 Å². The number of likely N-dealkylation sites (N-methyl/N-ethyl adjacent to an activating group) is 1. The van der Waals surface area contributed by atoms with Gasteiger partial charge in [0.2, 0.25) is 5.91 Å². The quantitative estimate of drug-likeness (QED) is 0.742. The van der Waals surface area contributed by atoms with Crippen LogP contribution in [0.3, 0.4) is 0 Å². The lowest BCUT2D eigenvalue weighted by atomic mass is 10.1. The van der Waals surface area contributed by atoms with Crippen LogP contribution in [0.4, 0.5) is 0 Å². The first kappa shape index (κ1) is 16.5. The van der Waals surface area contributed by atoms with Gasteiger partial charge in [0.1, 0.15) is 12.4 Å². The van der Waals surface area contributed by atoms with Crippen molar-refractivity contribution in [3.8, 4) is 5.75 Å². The molecule has 1 aromatic rings. The standard InChI is InChI=1S/C16H26N2O2/c1-13-10-14(2)12-15(11-13)20-9-8-18(3)16(19)6-4-5-7-17/h10-12H,4-9,17H2,1-3H3. The molecule has 1 rings (SSSR count). The first-order chi connectivity index (χ1) is 9.52. The van der Waals surface area contributed by atoms with Gasteiger partial charge < -0.3 is 15.4 Å². The highest BCUT2D eigenvalue weighted by atomic mass is 16.5. The van der Waals surface area contributed by atoms with Crippen LogP contribution in [0.1, 0.15) is 30.4 Å². The maximum atomic E-state index is 11.8. The normalized spacial score (nSPS) is 10.4. The van der Waals surface area contributed by atoms with Crippen LogP contribution in [-0.2, 0) is 4.79 Å². The van der Waals surface area contributed by atoms with Gasteiger partial charge in [0.05, 0.1) is 6.54 Å². The predicted octanol–water partition coefficient (Wildman–Crippen LogP) is 2.27. The fourth-order valence-corrected chi connectivity index (χ4v) is 2.05. The number of amides is 1. The molecular weight excluding hydrogens is 252 g/mol. The molecule has 0 heterocycles. The van der Waals surface area contributed by atoms with E-state index in [0.29, 0.717) is 26.1 Å². The van der Waals surface area contributed by atoms with Crippen LogP contribution in [-0.4, -0.2) is 37.6 Å². The second kappa shape index (κ2) is 8.59. The molecule has 0 aromatic heterocycles. The Bertz CT molecular complexity index is 412. The summed E-state index contributed by atoms with van der Waals surface area (Å²) in [7, 11) is 1.82. The molecule has 0 saturated heterocycles. The van der Waals surface area contributed by atoms with Crippen molar-refractivity contribution in [1.82, 2.24) is 4.90 Å². The summed E-state index contributed by atoms with van der Waals surface area (Å²) < 4.78 is 5.70. The van der Waals surface area contributed by atoms with Crippen LogP contribution in [0.25, 0.3) is 0 Å². The van der Waals surface area contributed by atoms with Gasteiger partial charge in [-0.05, 0) is 56.5 Å². The van der Waals surface area contributed by atoms with Crippen molar-refractivity contribution in [2.45, 2.75) is 33.1 Å². The SMILES string of the molecule is Cc1cc(C)cc(OCCN(C)C(=O)CCCCN)c1. The van der Waals surface area contributed by atoms with E-state index < -0.39 is 0 Å². The molecule has 4 nitrogen and oxygen atoms in total. The Labute approximate surface area is 121 Å². The lowest BCUT2D eigenvalue weighted by Crippen LogP contribution is -2.30. The van der Waals surface area contributed by atoms with E-state index in [4.69, 9.17) is 10.5 Å². The van der Waals surface area contributed by atoms with Crippen LogP contribution >= 0.6 is 0 Å². The van der Waals surface area contributed by atoms with Crippen molar-refractivity contribution in [3.05, 3.63) is 29.3 Å². The number of rotatable bonds is 8. The van der Waals surface area contributed by atoms with Gasteiger partial charge in [-0.3, -0.25) is 4.79 Å². The van der Waals surface area contributed by atoms with Crippen LogP contribution < -0.4 is 10.5 Å². The summed E-state index contributed by atoms with van der Waals surface area (Å²) in [6.07, 6.45) is 2.33. The molecule has 112 valence electrons. The zero-order valence-electron chi connectivity index (χ0n) is 12.8. The van der Waals surface area contributed by atoms with Crippen molar-refractivity contribution < 1.29 is 9.53 Å². The van der Waals surface area contributed by atoms with Crippen molar-refractivity contribution in [2.75, 3.05) is 26.7 Å². The van der Waals surface area contributed by atoms with Crippen LogP contribution in [0.15, 0.2) is 18.2 Å². The molecule has 0 unspecified atom stereocenters. The third-order valence-corrected chi connectivity index (χ3v) is 3.16. The fraction of sp³-hybridized carbons (Fsp3) is 0.562. The van der Waals surface area contributed by atoms with Gasteiger partial charge in [0, 0.05) is 13.5 Å². The molecule has 1 aromatic carbocycles. The third-order valence-electron chi connectivity index (χ3n) is 3.16. The number of carbonyl (C=O) groups is 1. The summed E-state index contributed by atoms with van der Waals surface area (Å²) in [6, 6.07) is 6.13. The highest BCUT2D eigenvalue weighted by Gasteiger charge is 2.08. The van der Waals surface area contributed by atoms with Crippen molar-refractivity contribution >= 4 is 5.91 Å². The minimum absolute atomic E-state index is 0.155. The van der Waals surface area contributed by atoms with E-state index >= 15 is 0 Å². The molecule has 4 heteroatoms. The predicted molar refractivity (Wildman–Crippen MR) is 82.0 cm³/mol. The summed E-state index contributed by atoms with van der Waals surface area (Å²) in [5.74, 6) is 1.02. The van der Waals surface area contributed by atoms with Crippen LogP contribution in [0.2, 0.25) is 0 Å². The number of nitrogens with zero attached hydrogens (tertiary/aromatic N) is 1. The molecule has 0 aliphatic rings. The molecule has 0 fully saturated rings. The monoisotopic (exact) mass is 278 g/mol. The second-order valence-corrected chi connectivity index (χ2v) is 5.23. The molecule has 2 N–H and O–H groups in total. The Hall–Kier alpha value is -1.55. The Morgan fingerprint density at radius 2 is 1.85 bits per heavy atom. The highest BCUT2D eigenvalue weighted by molar-refractivity contribution is 5.75. The number of aryl methyl sites for hydroxylation is 2. The number of unbranched alkanes of at least 4 members (excludes halogenated alkanes) is 1. The van der Waals surface area contributed by atoms with Crippen LogP contribution in [0.5, 0.6) is 5.75 Å². The Kier molecular flexibility index (Phi) is 7.09. The molecule has 0 saturated carbocycles. The molecule has 0 bridgehead atoms. The zero-order valence-corrected chi connectivity index (χ0v) is 12.8. The summed E-state index contributed by atoms with van der Waals surface area (Å²) in [5.41, 5.74) is 7.79. The van der Waals surface area contributed by atoms with Gasteiger partial charge in [-0.2, -0.15) is 0 Å². The zero-order chi connectivity index (χ0) is 15.0. The first-order valence-corrected chi connectivity index (χ1v) is 7.18. The fourth-order valence-electron chi connectivity index (χ4n) is 2.05. The lowest BCUT2D eigenvalue weighted by Gasteiger charge is -2.17. The molecule has 0 atom stereocenters. The average Bonchev–Trinajstić information content (AvgIpc) is 2.37. The van der Waals surface area contributed by atoms with E-state index in [9.17, 15) is 4.79 Å². The van der Waals surface area contributed by atoms with E-state index in [1.807, 2.05) is 33.0 Å². The molecule has 0 radical (unpaired) electrons. The van der Waals surface area contributed by atoms with Gasteiger partial charge in [-0.15, -0.1) is 0 Å². The van der Waals surface area contributed by atoms with Gasteiger partial charge in [0.25, 0.3) is 0 Å². The van der Waals surface area contributed by atoms with E-state index in [0.717, 1.165) is 18.6 Å². The molecule has 0 spiro atoms. The number of nitrogens with two attached hydrogens (primary N) is 1. The van der Waals surface area contributed by atoms with Crippen molar-refractivity contribution in [2.24, 2.45) is 5.73 Å².